The molecule has 0 atom stereocenters. The number of rotatable bonds is 4. The molecule has 124 valence electrons. The normalized spacial score (nSPS) is 17.1. The molecule has 0 unspecified atom stereocenters. The van der Waals surface area contributed by atoms with E-state index in [1.807, 2.05) is 12.1 Å². The third kappa shape index (κ3) is 5.30. The van der Waals surface area contributed by atoms with Crippen LogP contribution in [0.1, 0.15) is 32.8 Å². The van der Waals surface area contributed by atoms with Crippen LogP contribution in [-0.4, -0.2) is 42.6 Å². The number of guanidine groups is 1. The summed E-state index contributed by atoms with van der Waals surface area (Å²) >= 11 is 0. The predicted molar refractivity (Wildman–Crippen MR) is 101 cm³/mol. The van der Waals surface area contributed by atoms with Crippen LogP contribution >= 0.6 is 24.0 Å². The van der Waals surface area contributed by atoms with E-state index in [1.165, 1.54) is 6.42 Å². The number of pyridine rings is 1. The van der Waals surface area contributed by atoms with E-state index in [2.05, 4.69) is 36.0 Å². The maximum atomic E-state index is 5.15. The van der Waals surface area contributed by atoms with Crippen molar-refractivity contribution in [3.8, 4) is 5.88 Å². The summed E-state index contributed by atoms with van der Waals surface area (Å²) in [5.41, 5.74) is 1.48. The monoisotopic (exact) mass is 418 g/mol. The number of aromatic nitrogens is 1. The number of nitrogens with zero attached hydrogens (tertiary/aromatic N) is 3. The molecule has 0 bridgehead atoms. The van der Waals surface area contributed by atoms with Crippen LogP contribution in [0.4, 0.5) is 0 Å². The van der Waals surface area contributed by atoms with Gasteiger partial charge in [-0.1, -0.05) is 13.8 Å². The summed E-state index contributed by atoms with van der Waals surface area (Å²) in [6, 6.07) is 3.91. The molecule has 1 fully saturated rings. The standard InChI is InChI=1S/C16H26N4O.HI/c1-5-17-15(20-9-7-16(2,3)12-20)19-11-13-6-8-18-14(10-13)21-4;/h6,8,10H,5,7,9,11-12H2,1-4H3,(H,17,19);1H. The van der Waals surface area contributed by atoms with Crippen LogP contribution in [0.25, 0.3) is 0 Å². The molecule has 1 N–H and O–H groups in total. The zero-order valence-corrected chi connectivity index (χ0v) is 16.3. The summed E-state index contributed by atoms with van der Waals surface area (Å²) in [6.07, 6.45) is 2.97. The van der Waals surface area contributed by atoms with E-state index in [0.717, 1.165) is 31.2 Å². The van der Waals surface area contributed by atoms with E-state index in [1.54, 1.807) is 13.3 Å². The zero-order valence-electron chi connectivity index (χ0n) is 13.9. The number of halogens is 1. The highest BCUT2D eigenvalue weighted by molar-refractivity contribution is 14.0. The van der Waals surface area contributed by atoms with Gasteiger partial charge in [-0.2, -0.15) is 0 Å². The number of methoxy groups -OCH3 is 1. The summed E-state index contributed by atoms with van der Waals surface area (Å²) in [7, 11) is 1.63. The van der Waals surface area contributed by atoms with Crippen LogP contribution < -0.4 is 10.1 Å². The van der Waals surface area contributed by atoms with Gasteiger partial charge in [0.15, 0.2) is 5.96 Å². The first kappa shape index (κ1) is 19.0. The number of hydrogen-bond acceptors (Lipinski definition) is 3. The van der Waals surface area contributed by atoms with Gasteiger partial charge in [0.25, 0.3) is 0 Å². The molecule has 1 aliphatic heterocycles. The van der Waals surface area contributed by atoms with Crippen LogP contribution in [0.5, 0.6) is 5.88 Å². The van der Waals surface area contributed by atoms with E-state index in [9.17, 15) is 0 Å². The molecule has 0 aliphatic carbocycles. The van der Waals surface area contributed by atoms with Crippen molar-refractivity contribution in [1.29, 1.82) is 0 Å². The molecule has 1 aromatic rings. The van der Waals surface area contributed by atoms with Crippen LogP contribution in [0.3, 0.4) is 0 Å². The Hall–Kier alpha value is -1.05. The lowest BCUT2D eigenvalue weighted by molar-refractivity contribution is 0.370. The first-order valence-electron chi connectivity index (χ1n) is 7.56. The average Bonchev–Trinajstić information content (AvgIpc) is 2.83. The van der Waals surface area contributed by atoms with Gasteiger partial charge in [0.2, 0.25) is 5.88 Å². The Morgan fingerprint density at radius 3 is 2.86 bits per heavy atom. The number of hydrogen-bond donors (Lipinski definition) is 1. The van der Waals surface area contributed by atoms with Gasteiger partial charge in [-0.15, -0.1) is 24.0 Å². The summed E-state index contributed by atoms with van der Waals surface area (Å²) in [4.78, 5) is 11.2. The van der Waals surface area contributed by atoms with E-state index < -0.39 is 0 Å². The molecule has 5 nitrogen and oxygen atoms in total. The average molecular weight is 418 g/mol. The van der Waals surface area contributed by atoms with E-state index >= 15 is 0 Å². The smallest absolute Gasteiger partial charge is 0.213 e. The topological polar surface area (TPSA) is 49.8 Å². The van der Waals surface area contributed by atoms with Gasteiger partial charge in [0.1, 0.15) is 0 Å². The van der Waals surface area contributed by atoms with Crippen molar-refractivity contribution in [2.24, 2.45) is 10.4 Å². The second-order valence-electron chi connectivity index (χ2n) is 6.21. The van der Waals surface area contributed by atoms with Crippen molar-refractivity contribution in [2.75, 3.05) is 26.7 Å². The highest BCUT2D eigenvalue weighted by Gasteiger charge is 2.30. The molecule has 1 saturated heterocycles. The quantitative estimate of drug-likeness (QED) is 0.464. The molecule has 1 aliphatic rings. The molecule has 0 saturated carbocycles. The third-order valence-corrected chi connectivity index (χ3v) is 3.73. The van der Waals surface area contributed by atoms with Crippen molar-refractivity contribution >= 4 is 29.9 Å². The lowest BCUT2D eigenvalue weighted by Gasteiger charge is -2.23. The highest BCUT2D eigenvalue weighted by atomic mass is 127. The maximum absolute atomic E-state index is 5.15. The Labute approximate surface area is 150 Å². The Morgan fingerprint density at radius 1 is 1.50 bits per heavy atom. The molecule has 0 amide bonds. The predicted octanol–water partition coefficient (Wildman–Crippen LogP) is 2.91. The Balaban J connectivity index is 0.00000242. The van der Waals surface area contributed by atoms with Gasteiger partial charge < -0.3 is 15.0 Å². The molecule has 0 aromatic carbocycles. The number of nitrogens with one attached hydrogen (secondary N) is 1. The molecule has 1 aromatic heterocycles. The largest absolute Gasteiger partial charge is 0.481 e. The van der Waals surface area contributed by atoms with Gasteiger partial charge >= 0.3 is 0 Å². The summed E-state index contributed by atoms with van der Waals surface area (Å²) in [5, 5.41) is 3.39. The van der Waals surface area contributed by atoms with Crippen molar-refractivity contribution in [3.05, 3.63) is 23.9 Å². The van der Waals surface area contributed by atoms with Gasteiger partial charge in [-0.25, -0.2) is 9.98 Å². The molecule has 22 heavy (non-hydrogen) atoms. The molecule has 0 spiro atoms. The lowest BCUT2D eigenvalue weighted by atomic mass is 9.93. The minimum Gasteiger partial charge on any atom is -0.481 e. The molecule has 2 rings (SSSR count). The Kier molecular flexibility index (Phi) is 7.38. The van der Waals surface area contributed by atoms with E-state index in [4.69, 9.17) is 9.73 Å². The van der Waals surface area contributed by atoms with Crippen molar-refractivity contribution in [3.63, 3.8) is 0 Å². The van der Waals surface area contributed by atoms with Gasteiger partial charge in [0.05, 0.1) is 13.7 Å². The summed E-state index contributed by atoms with van der Waals surface area (Å²) < 4.78 is 5.15. The fourth-order valence-corrected chi connectivity index (χ4v) is 2.55. The number of ether oxygens (including phenoxy) is 1. The first-order chi connectivity index (χ1) is 10.0. The number of aliphatic imine (C=N–C) groups is 1. The van der Waals surface area contributed by atoms with Crippen LogP contribution in [-0.2, 0) is 6.54 Å². The minimum absolute atomic E-state index is 0. The van der Waals surface area contributed by atoms with Crippen molar-refractivity contribution in [2.45, 2.75) is 33.7 Å². The van der Waals surface area contributed by atoms with E-state index in [0.29, 0.717) is 17.8 Å². The van der Waals surface area contributed by atoms with Crippen LogP contribution in [0, 0.1) is 5.41 Å². The second kappa shape index (κ2) is 8.55. The second-order valence-corrected chi connectivity index (χ2v) is 6.21. The highest BCUT2D eigenvalue weighted by Crippen LogP contribution is 2.28. The summed E-state index contributed by atoms with van der Waals surface area (Å²) in [6.45, 7) is 10.4. The molecular formula is C16H27IN4O. The van der Waals surface area contributed by atoms with Gasteiger partial charge in [-0.3, -0.25) is 0 Å². The Morgan fingerprint density at radius 2 is 2.27 bits per heavy atom. The Bertz CT molecular complexity index is 505. The maximum Gasteiger partial charge on any atom is 0.213 e. The lowest BCUT2D eigenvalue weighted by Crippen LogP contribution is -2.40. The van der Waals surface area contributed by atoms with Crippen molar-refractivity contribution in [1.82, 2.24) is 15.2 Å². The number of likely N-dealkylation sites (tertiary alicyclic amines) is 1. The van der Waals surface area contributed by atoms with E-state index in [-0.39, 0.29) is 24.0 Å². The minimum atomic E-state index is 0. The van der Waals surface area contributed by atoms with Crippen LogP contribution in [0.15, 0.2) is 23.3 Å². The molecule has 2 heterocycles. The SMILES string of the molecule is CCNC(=NCc1ccnc(OC)c1)N1CCC(C)(C)C1.I. The summed E-state index contributed by atoms with van der Waals surface area (Å²) in [5.74, 6) is 1.63. The fraction of sp³-hybridized carbons (Fsp3) is 0.625. The van der Waals surface area contributed by atoms with Gasteiger partial charge in [-0.05, 0) is 30.4 Å². The zero-order chi connectivity index (χ0) is 15.3. The van der Waals surface area contributed by atoms with Crippen LogP contribution in [0.2, 0.25) is 0 Å². The van der Waals surface area contributed by atoms with Gasteiger partial charge in [0, 0.05) is 31.9 Å². The third-order valence-electron chi connectivity index (χ3n) is 3.73. The molecule has 0 radical (unpaired) electrons. The fourth-order valence-electron chi connectivity index (χ4n) is 2.55. The van der Waals surface area contributed by atoms with Crippen molar-refractivity contribution < 1.29 is 4.74 Å². The molecular weight excluding hydrogens is 391 g/mol. The molecule has 6 heteroatoms. The first-order valence-corrected chi connectivity index (χ1v) is 7.56.